The van der Waals surface area contributed by atoms with Gasteiger partial charge in [0.25, 0.3) is 0 Å². The van der Waals surface area contributed by atoms with E-state index in [1.165, 1.54) is 12.1 Å². The van der Waals surface area contributed by atoms with Crippen molar-refractivity contribution in [3.63, 3.8) is 0 Å². The molecule has 2 rings (SSSR count). The van der Waals surface area contributed by atoms with Crippen molar-refractivity contribution in [2.24, 2.45) is 0 Å². The Labute approximate surface area is 105 Å². The number of halogens is 1. The third-order valence-electron chi connectivity index (χ3n) is 2.31. The molecular weight excluding hydrogens is 233 g/mol. The van der Waals surface area contributed by atoms with Crippen LogP contribution in [0.15, 0.2) is 28.7 Å². The fourth-order valence-electron chi connectivity index (χ4n) is 1.40. The largest absolute Gasteiger partial charge is 0.419 e. The molecule has 5 heteroatoms. The number of nitrogens with zero attached hydrogens (tertiary/aromatic N) is 2. The maximum absolute atomic E-state index is 13.1. The van der Waals surface area contributed by atoms with Gasteiger partial charge in [-0.3, -0.25) is 0 Å². The quantitative estimate of drug-likeness (QED) is 0.908. The first-order valence-electron chi connectivity index (χ1n) is 5.77. The lowest BCUT2D eigenvalue weighted by molar-refractivity contribution is 0.383. The number of hydrogen-bond acceptors (Lipinski definition) is 4. The maximum Gasteiger partial charge on any atom is 0.247 e. The van der Waals surface area contributed by atoms with Gasteiger partial charge in [-0.25, -0.2) is 4.39 Å². The van der Waals surface area contributed by atoms with Crippen LogP contribution in [-0.4, -0.2) is 15.7 Å². The first-order valence-corrected chi connectivity index (χ1v) is 5.77. The Morgan fingerprint density at radius 1 is 1.28 bits per heavy atom. The van der Waals surface area contributed by atoms with Crippen LogP contribution in [0.25, 0.3) is 11.5 Å². The predicted octanol–water partition coefficient (Wildman–Crippen LogP) is 2.76. The van der Waals surface area contributed by atoms with Gasteiger partial charge in [-0.1, -0.05) is 6.07 Å². The predicted molar refractivity (Wildman–Crippen MR) is 66.3 cm³/mol. The highest BCUT2D eigenvalue weighted by Gasteiger charge is 2.13. The number of aromatic nitrogens is 2. The maximum atomic E-state index is 13.1. The molecule has 0 saturated heterocycles. The molecule has 1 aromatic carbocycles. The minimum absolute atomic E-state index is 0.0203. The van der Waals surface area contributed by atoms with Crippen LogP contribution < -0.4 is 5.32 Å². The van der Waals surface area contributed by atoms with E-state index in [1.807, 2.05) is 0 Å². The molecule has 0 spiro atoms. The summed E-state index contributed by atoms with van der Waals surface area (Å²) in [5, 5.41) is 11.1. The first-order chi connectivity index (χ1) is 8.44. The average Bonchev–Trinajstić information content (AvgIpc) is 2.74. The summed E-state index contributed by atoms with van der Waals surface area (Å²) in [6.45, 7) is 6.65. The van der Waals surface area contributed by atoms with Crippen LogP contribution in [0.1, 0.15) is 26.7 Å². The molecule has 0 aliphatic carbocycles. The summed E-state index contributed by atoms with van der Waals surface area (Å²) in [4.78, 5) is 0. The van der Waals surface area contributed by atoms with Crippen LogP contribution in [-0.2, 0) is 6.54 Å². The zero-order valence-corrected chi connectivity index (χ0v) is 10.7. The molecule has 0 saturated carbocycles. The van der Waals surface area contributed by atoms with Gasteiger partial charge in [-0.15, -0.1) is 10.2 Å². The van der Waals surface area contributed by atoms with Crippen molar-refractivity contribution < 1.29 is 8.81 Å². The van der Waals surface area contributed by atoms with Gasteiger partial charge >= 0.3 is 0 Å². The molecule has 18 heavy (non-hydrogen) atoms. The number of hydrogen-bond donors (Lipinski definition) is 1. The Kier molecular flexibility index (Phi) is 3.43. The van der Waals surface area contributed by atoms with Gasteiger partial charge in [0.1, 0.15) is 5.82 Å². The standard InChI is InChI=1S/C13H16FN3O/c1-13(2,3)15-8-11-16-17-12(18-11)9-5-4-6-10(14)7-9/h4-7,15H,8H2,1-3H3. The van der Waals surface area contributed by atoms with E-state index < -0.39 is 0 Å². The van der Waals surface area contributed by atoms with Crippen LogP contribution in [0, 0.1) is 5.82 Å². The Morgan fingerprint density at radius 3 is 2.72 bits per heavy atom. The summed E-state index contributed by atoms with van der Waals surface area (Å²) in [5.41, 5.74) is 0.567. The summed E-state index contributed by atoms with van der Waals surface area (Å²) in [6, 6.07) is 6.09. The first kappa shape index (κ1) is 12.7. The molecule has 0 unspecified atom stereocenters. The Balaban J connectivity index is 2.11. The molecular formula is C13H16FN3O. The number of benzene rings is 1. The van der Waals surface area contributed by atoms with Crippen LogP contribution in [0.3, 0.4) is 0 Å². The summed E-state index contributed by atoms with van der Waals surface area (Å²) in [5.74, 6) is 0.504. The van der Waals surface area contributed by atoms with Gasteiger partial charge in [0.15, 0.2) is 0 Å². The van der Waals surface area contributed by atoms with Crippen LogP contribution in [0.2, 0.25) is 0 Å². The third-order valence-corrected chi connectivity index (χ3v) is 2.31. The summed E-state index contributed by atoms with van der Waals surface area (Å²) in [7, 11) is 0. The molecule has 1 aromatic heterocycles. The normalized spacial score (nSPS) is 11.8. The Bertz CT molecular complexity index is 531. The second-order valence-electron chi connectivity index (χ2n) is 5.11. The van der Waals surface area contributed by atoms with E-state index in [-0.39, 0.29) is 11.4 Å². The SMILES string of the molecule is CC(C)(C)NCc1nnc(-c2cccc(F)c2)o1. The molecule has 0 fully saturated rings. The van der Waals surface area contributed by atoms with E-state index in [0.29, 0.717) is 23.9 Å². The Hall–Kier alpha value is -1.75. The van der Waals surface area contributed by atoms with Crippen LogP contribution in [0.5, 0.6) is 0 Å². The average molecular weight is 249 g/mol. The molecule has 0 radical (unpaired) electrons. The smallest absolute Gasteiger partial charge is 0.247 e. The van der Waals surface area contributed by atoms with Gasteiger partial charge in [-0.2, -0.15) is 0 Å². The van der Waals surface area contributed by atoms with E-state index in [1.54, 1.807) is 12.1 Å². The molecule has 0 aliphatic rings. The lowest BCUT2D eigenvalue weighted by Crippen LogP contribution is -2.35. The summed E-state index contributed by atoms with van der Waals surface area (Å²) < 4.78 is 18.5. The van der Waals surface area contributed by atoms with Crippen molar-refractivity contribution in [1.82, 2.24) is 15.5 Å². The number of rotatable bonds is 3. The van der Waals surface area contributed by atoms with Crippen molar-refractivity contribution in [2.45, 2.75) is 32.9 Å². The molecule has 2 aromatic rings. The van der Waals surface area contributed by atoms with Crippen molar-refractivity contribution in [3.8, 4) is 11.5 Å². The monoisotopic (exact) mass is 249 g/mol. The van der Waals surface area contributed by atoms with Gasteiger partial charge < -0.3 is 9.73 Å². The zero-order chi connectivity index (χ0) is 13.2. The van der Waals surface area contributed by atoms with Crippen LogP contribution >= 0.6 is 0 Å². The molecule has 0 bridgehead atoms. The fourth-order valence-corrected chi connectivity index (χ4v) is 1.40. The molecule has 1 N–H and O–H groups in total. The number of nitrogens with one attached hydrogen (secondary N) is 1. The molecule has 0 aliphatic heterocycles. The van der Waals surface area contributed by atoms with E-state index in [2.05, 4.69) is 36.3 Å². The second-order valence-corrected chi connectivity index (χ2v) is 5.11. The molecule has 96 valence electrons. The molecule has 0 amide bonds. The molecule has 0 atom stereocenters. The fraction of sp³-hybridized carbons (Fsp3) is 0.385. The topological polar surface area (TPSA) is 51.0 Å². The zero-order valence-electron chi connectivity index (χ0n) is 10.7. The van der Waals surface area contributed by atoms with Crippen molar-refractivity contribution in [1.29, 1.82) is 0 Å². The van der Waals surface area contributed by atoms with Gasteiger partial charge in [0.2, 0.25) is 11.8 Å². The van der Waals surface area contributed by atoms with Gasteiger partial charge in [0, 0.05) is 11.1 Å². The highest BCUT2D eigenvalue weighted by molar-refractivity contribution is 5.52. The van der Waals surface area contributed by atoms with Gasteiger partial charge in [0.05, 0.1) is 6.54 Å². The molecule has 4 nitrogen and oxygen atoms in total. The van der Waals surface area contributed by atoms with E-state index in [4.69, 9.17) is 4.42 Å². The highest BCUT2D eigenvalue weighted by atomic mass is 19.1. The van der Waals surface area contributed by atoms with E-state index >= 15 is 0 Å². The lowest BCUT2D eigenvalue weighted by atomic mass is 10.1. The van der Waals surface area contributed by atoms with Crippen molar-refractivity contribution >= 4 is 0 Å². The van der Waals surface area contributed by atoms with Crippen molar-refractivity contribution in [2.75, 3.05) is 0 Å². The minimum atomic E-state index is -0.319. The van der Waals surface area contributed by atoms with E-state index in [0.717, 1.165) is 0 Å². The summed E-state index contributed by atoms with van der Waals surface area (Å²) >= 11 is 0. The summed E-state index contributed by atoms with van der Waals surface area (Å²) in [6.07, 6.45) is 0. The molecule has 1 heterocycles. The minimum Gasteiger partial charge on any atom is -0.419 e. The Morgan fingerprint density at radius 2 is 2.06 bits per heavy atom. The highest BCUT2D eigenvalue weighted by Crippen LogP contribution is 2.18. The van der Waals surface area contributed by atoms with Gasteiger partial charge in [-0.05, 0) is 39.0 Å². The van der Waals surface area contributed by atoms with Crippen LogP contribution in [0.4, 0.5) is 4.39 Å². The second kappa shape index (κ2) is 4.86. The third kappa shape index (κ3) is 3.37. The van der Waals surface area contributed by atoms with E-state index in [9.17, 15) is 4.39 Å². The van der Waals surface area contributed by atoms with Crippen molar-refractivity contribution in [3.05, 3.63) is 36.0 Å². The lowest BCUT2D eigenvalue weighted by Gasteiger charge is -2.18.